The zero-order chi connectivity index (χ0) is 62.3. The first-order chi connectivity index (χ1) is 39.6. The molecule has 4 aromatic rings. The van der Waals surface area contributed by atoms with Crippen molar-refractivity contribution < 1.29 is 47.5 Å². The number of anilines is 2. The Hall–Kier alpha value is -3.26. The van der Waals surface area contributed by atoms with Crippen LogP contribution in [-0.2, 0) is 37.9 Å². The van der Waals surface area contributed by atoms with E-state index in [2.05, 4.69) is 128 Å². The molecule has 8 heterocycles. The highest BCUT2D eigenvalue weighted by Gasteiger charge is 2.46. The fraction of sp³-hybridized carbons (Fsp3) is 0.767. The van der Waals surface area contributed by atoms with Gasteiger partial charge in [-0.3, -0.25) is 9.80 Å². The van der Waals surface area contributed by atoms with Crippen molar-refractivity contribution in [1.82, 2.24) is 39.0 Å². The van der Waals surface area contributed by atoms with Crippen molar-refractivity contribution in [3.05, 3.63) is 45.6 Å². The zero-order valence-corrected chi connectivity index (χ0v) is 61.1. The van der Waals surface area contributed by atoms with Gasteiger partial charge in [-0.1, -0.05) is 78.6 Å². The Kier molecular flexibility index (Phi) is 23.7. The molecular formula is C60H105IN10O10Si4. The molecule has 8 rings (SSSR count). The van der Waals surface area contributed by atoms with Gasteiger partial charge in [-0.15, -0.1) is 0 Å². The van der Waals surface area contributed by atoms with E-state index in [1.807, 2.05) is 72.6 Å². The molecule has 20 nitrogen and oxygen atoms in total. The van der Waals surface area contributed by atoms with Gasteiger partial charge >= 0.3 is 12.2 Å². The summed E-state index contributed by atoms with van der Waals surface area (Å²) in [5, 5.41) is 9.32. The van der Waals surface area contributed by atoms with E-state index in [1.165, 1.54) is 0 Å². The van der Waals surface area contributed by atoms with E-state index >= 15 is 0 Å². The Morgan fingerprint density at radius 3 is 1.26 bits per heavy atom. The van der Waals surface area contributed by atoms with Crippen LogP contribution < -0.4 is 9.80 Å². The summed E-state index contributed by atoms with van der Waals surface area (Å²) < 4.78 is 53.1. The number of fused-ring (bicyclic) bond motifs is 6. The van der Waals surface area contributed by atoms with Gasteiger partial charge in [0, 0.05) is 100 Å². The fourth-order valence-corrected chi connectivity index (χ4v) is 14.3. The van der Waals surface area contributed by atoms with Crippen LogP contribution in [0.15, 0.2) is 30.6 Å². The summed E-state index contributed by atoms with van der Waals surface area (Å²) in [6, 6.07) is 10.5. The molecule has 4 bridgehead atoms. The number of ether oxygens (including phenoxy) is 8. The molecule has 0 aromatic carbocycles. The van der Waals surface area contributed by atoms with Gasteiger partial charge in [-0.2, -0.15) is 19.2 Å². The molecule has 85 heavy (non-hydrogen) atoms. The van der Waals surface area contributed by atoms with Crippen molar-refractivity contribution in [1.29, 1.82) is 0 Å². The van der Waals surface area contributed by atoms with Crippen LogP contribution in [0.3, 0.4) is 0 Å². The van der Waals surface area contributed by atoms with Crippen LogP contribution in [0.4, 0.5) is 21.2 Å². The quantitative estimate of drug-likeness (QED) is 0.0279. The smallest absolute Gasteiger partial charge is 0.410 e. The number of carbonyl (C=O) groups is 2. The first kappa shape index (κ1) is 69.2. The minimum absolute atomic E-state index is 0.0466. The standard InChI is InChI=1S/C30H52IN5O5Si2.C30H53N5O5Si2/c1-30(2,3)41-29(37)35-23-14-22(15-24(35)19-40-18-23)26-16-27(36-28(33-26)25(31)17-32-36)34(20-38-10-12-42(4,5)6)21-39-11-13-43(7,8)9;1-30(2,3)40-29(36)34-24-16-23(17-25(34)20-39-19-24)26-18-28(35-27(32-26)10-11-31-35)33(21-37-12-14-41(4,5)6)22-38-13-15-42(7,8)9/h16-17,22-24H,10-15,18-21H2,1-9H3;10-11,18,23-25H,12-17,19-22H2,1-9H3. The number of aromatic nitrogens is 6. The van der Waals surface area contributed by atoms with Crippen molar-refractivity contribution in [3.8, 4) is 0 Å². The normalized spacial score (nSPS) is 21.4. The van der Waals surface area contributed by atoms with Crippen LogP contribution in [0, 0.1) is 3.57 Å². The summed E-state index contributed by atoms with van der Waals surface area (Å²) in [6.07, 6.45) is 6.22. The molecule has 25 heteroatoms. The maximum Gasteiger partial charge on any atom is 0.410 e. The molecule has 0 radical (unpaired) electrons. The number of amides is 2. The Labute approximate surface area is 525 Å². The molecule has 4 atom stereocenters. The second-order valence-corrected chi connectivity index (χ2v) is 54.3. The second-order valence-electron chi connectivity index (χ2n) is 30.7. The molecule has 478 valence electrons. The SMILES string of the molecule is CC(C)(C)OC(=O)N1C2COCC1CC(c1cc(N(COCC[Si](C)(C)C)COCC[Si](C)(C)C)n3ncc(I)c3n1)C2.CC(C)(C)OC(=O)N1C2COCC1CC(c1cc(N(COCC[Si](C)(C)C)COCC[Si](C)(C)C)n3nccc3n1)C2. The van der Waals surface area contributed by atoms with Crippen molar-refractivity contribution in [2.45, 2.75) is 217 Å². The second kappa shape index (κ2) is 29.1. The molecule has 4 aliphatic heterocycles. The number of hydrogen-bond acceptors (Lipinski definition) is 16. The van der Waals surface area contributed by atoms with Crippen molar-refractivity contribution in [2.24, 2.45) is 0 Å². The fourth-order valence-electron chi connectivity index (χ4n) is 10.8. The highest BCUT2D eigenvalue weighted by atomic mass is 127. The van der Waals surface area contributed by atoms with Crippen LogP contribution >= 0.6 is 22.6 Å². The lowest BCUT2D eigenvalue weighted by molar-refractivity contribution is -0.0830. The first-order valence-corrected chi connectivity index (χ1v) is 46.9. The molecule has 2 amide bonds. The van der Waals surface area contributed by atoms with E-state index in [4.69, 9.17) is 53.0 Å². The number of rotatable bonds is 24. The number of piperidine rings is 2. The third kappa shape index (κ3) is 21.2. The average molecular weight is 1370 g/mol. The van der Waals surface area contributed by atoms with Gasteiger partial charge in [-0.25, -0.2) is 19.6 Å². The average Bonchev–Trinajstić information content (AvgIpc) is 3.26. The lowest BCUT2D eigenvalue weighted by Crippen LogP contribution is -2.59. The number of nitrogens with zero attached hydrogens (tertiary/aromatic N) is 10. The molecule has 4 aliphatic rings. The highest BCUT2D eigenvalue weighted by molar-refractivity contribution is 14.1. The number of hydrogen-bond donors (Lipinski definition) is 0. The minimum atomic E-state index is -1.22. The monoisotopic (exact) mass is 1360 g/mol. The molecule has 0 aliphatic carbocycles. The van der Waals surface area contributed by atoms with Gasteiger partial charge in [0.05, 0.1) is 66.6 Å². The molecule has 4 saturated heterocycles. The summed E-state index contributed by atoms with van der Waals surface area (Å²) >= 11 is 2.31. The Balaban J connectivity index is 0.000000244. The molecular weight excluding hydrogens is 1260 g/mol. The maximum absolute atomic E-state index is 13.2. The molecule has 4 aromatic heterocycles. The summed E-state index contributed by atoms with van der Waals surface area (Å²) in [5.41, 5.74) is 2.57. The van der Waals surface area contributed by atoms with Crippen molar-refractivity contribution in [2.75, 3.05) is 89.6 Å². The van der Waals surface area contributed by atoms with Crippen molar-refractivity contribution >= 4 is 90.0 Å². The van der Waals surface area contributed by atoms with Crippen LogP contribution in [-0.4, -0.2) is 199 Å². The van der Waals surface area contributed by atoms with Gasteiger partial charge in [-0.05, 0) is 114 Å². The summed E-state index contributed by atoms with van der Waals surface area (Å²) in [4.78, 5) is 44.6. The lowest BCUT2D eigenvalue weighted by Gasteiger charge is -2.48. The minimum Gasteiger partial charge on any atom is -0.444 e. The van der Waals surface area contributed by atoms with Gasteiger partial charge in [0.1, 0.15) is 49.8 Å². The van der Waals surface area contributed by atoms with Gasteiger partial charge in [0.25, 0.3) is 0 Å². The van der Waals surface area contributed by atoms with Crippen molar-refractivity contribution in [3.63, 3.8) is 0 Å². The summed E-state index contributed by atoms with van der Waals surface area (Å²) in [7, 11) is -4.85. The molecule has 4 unspecified atom stereocenters. The van der Waals surface area contributed by atoms with Gasteiger partial charge < -0.3 is 47.7 Å². The van der Waals surface area contributed by atoms with Crippen LogP contribution in [0.25, 0.3) is 11.3 Å². The van der Waals surface area contributed by atoms with E-state index < -0.39 is 43.5 Å². The van der Waals surface area contributed by atoms with E-state index in [1.54, 1.807) is 6.20 Å². The van der Waals surface area contributed by atoms with E-state index in [0.717, 1.165) is 114 Å². The van der Waals surface area contributed by atoms with E-state index in [9.17, 15) is 9.59 Å². The Morgan fingerprint density at radius 2 is 0.906 bits per heavy atom. The molecule has 0 N–H and O–H groups in total. The third-order valence-corrected chi connectivity index (χ3v) is 23.1. The lowest BCUT2D eigenvalue weighted by atomic mass is 9.83. The van der Waals surface area contributed by atoms with E-state index in [-0.39, 0.29) is 48.2 Å². The summed E-state index contributed by atoms with van der Waals surface area (Å²) in [6.45, 7) is 46.5. The van der Waals surface area contributed by atoms with Crippen LogP contribution in [0.1, 0.15) is 90.4 Å². The van der Waals surface area contributed by atoms with E-state index in [0.29, 0.717) is 53.4 Å². The van der Waals surface area contributed by atoms with Crippen LogP contribution in [0.2, 0.25) is 103 Å². The topological polar surface area (TPSA) is 181 Å². The van der Waals surface area contributed by atoms with Crippen LogP contribution in [0.5, 0.6) is 0 Å². The highest BCUT2D eigenvalue weighted by Crippen LogP contribution is 2.41. The predicted molar refractivity (Wildman–Crippen MR) is 356 cm³/mol. The number of halogens is 1. The third-order valence-electron chi connectivity index (χ3n) is 15.5. The molecule has 0 spiro atoms. The zero-order valence-electron chi connectivity index (χ0n) is 54.9. The summed E-state index contributed by atoms with van der Waals surface area (Å²) in [5.74, 6) is 2.19. The predicted octanol–water partition coefficient (Wildman–Crippen LogP) is 12.7. The van der Waals surface area contributed by atoms with Gasteiger partial charge in [0.15, 0.2) is 11.3 Å². The molecule has 0 saturated carbocycles. The first-order valence-electron chi connectivity index (χ1n) is 31.0. The largest absolute Gasteiger partial charge is 0.444 e. The number of carbonyl (C=O) groups excluding carboxylic acids is 2. The Bertz CT molecular complexity index is 2730. The Morgan fingerprint density at radius 1 is 0.553 bits per heavy atom. The number of morpholine rings is 2. The maximum atomic E-state index is 13.2. The van der Waals surface area contributed by atoms with Gasteiger partial charge in [0.2, 0.25) is 0 Å². The molecule has 4 fully saturated rings.